The maximum atomic E-state index is 11.5. The lowest BCUT2D eigenvalue weighted by atomic mass is 9.94. The van der Waals surface area contributed by atoms with Crippen LogP contribution in [-0.2, 0) is 4.79 Å². The second-order valence-electron chi connectivity index (χ2n) is 4.89. The van der Waals surface area contributed by atoms with Gasteiger partial charge in [-0.2, -0.15) is 5.26 Å². The molecule has 1 saturated heterocycles. The highest BCUT2D eigenvalue weighted by Crippen LogP contribution is 2.29. The first-order valence-corrected chi connectivity index (χ1v) is 6.49. The zero-order valence-electron chi connectivity index (χ0n) is 11.3. The summed E-state index contributed by atoms with van der Waals surface area (Å²) in [6, 6.07) is 7.64. The molecule has 100 valence electrons. The largest absolute Gasteiger partial charge is 0.497 e. The van der Waals surface area contributed by atoms with Crippen LogP contribution in [0.5, 0.6) is 5.75 Å². The average Bonchev–Trinajstić information content (AvgIpc) is 2.46. The van der Waals surface area contributed by atoms with E-state index in [4.69, 9.17) is 4.74 Å². The van der Waals surface area contributed by atoms with Gasteiger partial charge in [0.25, 0.3) is 0 Å². The molecule has 1 aliphatic heterocycles. The van der Waals surface area contributed by atoms with Gasteiger partial charge < -0.3 is 9.64 Å². The number of nitrogens with zero attached hydrogens (tertiary/aromatic N) is 2. The van der Waals surface area contributed by atoms with Gasteiger partial charge in [-0.1, -0.05) is 0 Å². The van der Waals surface area contributed by atoms with Gasteiger partial charge in [0.15, 0.2) is 0 Å². The Hall–Kier alpha value is -2.02. The molecule has 1 aliphatic rings. The van der Waals surface area contributed by atoms with E-state index in [-0.39, 0.29) is 11.7 Å². The maximum Gasteiger partial charge on any atom is 0.134 e. The van der Waals surface area contributed by atoms with Crippen molar-refractivity contribution in [3.05, 3.63) is 23.8 Å². The lowest BCUT2D eigenvalue weighted by Gasteiger charge is -2.34. The van der Waals surface area contributed by atoms with Crippen molar-refractivity contribution >= 4 is 11.5 Å². The van der Waals surface area contributed by atoms with Crippen LogP contribution in [0.4, 0.5) is 5.69 Å². The number of piperidine rings is 1. The molecule has 19 heavy (non-hydrogen) atoms. The van der Waals surface area contributed by atoms with Crippen LogP contribution in [0.1, 0.15) is 25.3 Å². The fourth-order valence-electron chi connectivity index (χ4n) is 2.52. The minimum atomic E-state index is 0.0755. The molecule has 0 aromatic heterocycles. The summed E-state index contributed by atoms with van der Waals surface area (Å²) >= 11 is 0. The van der Waals surface area contributed by atoms with Gasteiger partial charge in [0.05, 0.1) is 18.4 Å². The van der Waals surface area contributed by atoms with Crippen molar-refractivity contribution in [1.82, 2.24) is 0 Å². The molecular formula is C15H18N2O2. The Balaban J connectivity index is 2.29. The van der Waals surface area contributed by atoms with Gasteiger partial charge in [-0.3, -0.25) is 4.79 Å². The summed E-state index contributed by atoms with van der Waals surface area (Å²) in [6.45, 7) is 3.22. The van der Waals surface area contributed by atoms with Crippen molar-refractivity contribution in [2.75, 3.05) is 25.1 Å². The van der Waals surface area contributed by atoms with E-state index in [1.54, 1.807) is 26.2 Å². The molecule has 2 rings (SSSR count). The van der Waals surface area contributed by atoms with Crippen molar-refractivity contribution in [2.24, 2.45) is 5.92 Å². The second-order valence-corrected chi connectivity index (χ2v) is 4.89. The Kier molecular flexibility index (Phi) is 4.06. The average molecular weight is 258 g/mol. The number of hydrogen-bond donors (Lipinski definition) is 0. The molecule has 4 nitrogen and oxygen atoms in total. The minimum absolute atomic E-state index is 0.0755. The summed E-state index contributed by atoms with van der Waals surface area (Å²) in [5.74, 6) is 1.04. The molecule has 1 aromatic carbocycles. The van der Waals surface area contributed by atoms with Crippen LogP contribution in [0.2, 0.25) is 0 Å². The van der Waals surface area contributed by atoms with Gasteiger partial charge in [0.2, 0.25) is 0 Å². The summed E-state index contributed by atoms with van der Waals surface area (Å²) in [4.78, 5) is 13.7. The Bertz CT molecular complexity index is 519. The number of benzene rings is 1. The van der Waals surface area contributed by atoms with Gasteiger partial charge >= 0.3 is 0 Å². The molecule has 0 aliphatic carbocycles. The van der Waals surface area contributed by atoms with E-state index in [0.29, 0.717) is 12.1 Å². The molecule has 0 saturated carbocycles. The summed E-state index contributed by atoms with van der Waals surface area (Å²) in [6.07, 6.45) is 1.92. The SMILES string of the molecule is COc1ccc(C#N)c(N2CCCC(C(C)=O)C2)c1. The van der Waals surface area contributed by atoms with Crippen LogP contribution in [0.15, 0.2) is 18.2 Å². The first kappa shape index (κ1) is 13.4. The lowest BCUT2D eigenvalue weighted by molar-refractivity contribution is -0.120. The van der Waals surface area contributed by atoms with E-state index in [1.165, 1.54) is 0 Å². The Morgan fingerprint density at radius 1 is 1.53 bits per heavy atom. The molecule has 0 N–H and O–H groups in total. The number of carbonyl (C=O) groups is 1. The number of Topliss-reactive ketones (excluding diaryl/α,β-unsaturated/α-hetero) is 1. The Morgan fingerprint density at radius 3 is 2.95 bits per heavy atom. The number of ether oxygens (including phenoxy) is 1. The van der Waals surface area contributed by atoms with Crippen LogP contribution in [0, 0.1) is 17.2 Å². The van der Waals surface area contributed by atoms with Gasteiger partial charge in [-0.25, -0.2) is 0 Å². The minimum Gasteiger partial charge on any atom is -0.497 e. The van der Waals surface area contributed by atoms with E-state index >= 15 is 0 Å². The van der Waals surface area contributed by atoms with Gasteiger partial charge in [-0.15, -0.1) is 0 Å². The number of hydrogen-bond acceptors (Lipinski definition) is 4. The number of carbonyl (C=O) groups excluding carboxylic acids is 1. The predicted octanol–water partition coefficient (Wildman–Crippen LogP) is 2.37. The Morgan fingerprint density at radius 2 is 2.32 bits per heavy atom. The van der Waals surface area contributed by atoms with Gasteiger partial charge in [-0.05, 0) is 31.9 Å². The maximum absolute atomic E-state index is 11.5. The predicted molar refractivity (Wildman–Crippen MR) is 73.3 cm³/mol. The highest BCUT2D eigenvalue weighted by molar-refractivity contribution is 5.79. The summed E-state index contributed by atoms with van der Waals surface area (Å²) in [5.41, 5.74) is 1.50. The van der Waals surface area contributed by atoms with Crippen molar-refractivity contribution < 1.29 is 9.53 Å². The second kappa shape index (κ2) is 5.75. The fourth-order valence-corrected chi connectivity index (χ4v) is 2.52. The molecule has 0 bridgehead atoms. The molecule has 1 heterocycles. The highest BCUT2D eigenvalue weighted by atomic mass is 16.5. The third-order valence-corrected chi connectivity index (χ3v) is 3.66. The third kappa shape index (κ3) is 2.87. The number of ketones is 1. The van der Waals surface area contributed by atoms with E-state index in [1.807, 2.05) is 6.07 Å². The van der Waals surface area contributed by atoms with Crippen molar-refractivity contribution in [2.45, 2.75) is 19.8 Å². The summed E-state index contributed by atoms with van der Waals surface area (Å²) in [5, 5.41) is 9.20. The lowest BCUT2D eigenvalue weighted by Crippen LogP contribution is -2.38. The van der Waals surface area contributed by atoms with E-state index in [0.717, 1.165) is 30.8 Å². The summed E-state index contributed by atoms with van der Waals surface area (Å²) < 4.78 is 5.22. The molecule has 0 spiro atoms. The Labute approximate surface area is 113 Å². The molecule has 0 radical (unpaired) electrons. The smallest absolute Gasteiger partial charge is 0.134 e. The molecule has 1 atom stereocenters. The third-order valence-electron chi connectivity index (χ3n) is 3.66. The number of methoxy groups -OCH3 is 1. The van der Waals surface area contributed by atoms with E-state index < -0.39 is 0 Å². The van der Waals surface area contributed by atoms with E-state index in [9.17, 15) is 10.1 Å². The van der Waals surface area contributed by atoms with E-state index in [2.05, 4.69) is 11.0 Å². The first-order valence-electron chi connectivity index (χ1n) is 6.49. The van der Waals surface area contributed by atoms with Crippen LogP contribution in [0.25, 0.3) is 0 Å². The fraction of sp³-hybridized carbons (Fsp3) is 0.467. The molecule has 0 amide bonds. The number of anilines is 1. The van der Waals surface area contributed by atoms with Gasteiger partial charge in [0, 0.05) is 25.1 Å². The highest BCUT2D eigenvalue weighted by Gasteiger charge is 2.24. The zero-order chi connectivity index (χ0) is 13.8. The summed E-state index contributed by atoms with van der Waals surface area (Å²) in [7, 11) is 1.61. The first-order chi connectivity index (χ1) is 9.15. The normalized spacial score (nSPS) is 18.8. The topological polar surface area (TPSA) is 53.3 Å². The standard InChI is InChI=1S/C15H18N2O2/c1-11(18)13-4-3-7-17(10-13)15-8-14(19-2)6-5-12(15)9-16/h5-6,8,13H,3-4,7,10H2,1-2H3. The van der Waals surface area contributed by atoms with Crippen LogP contribution >= 0.6 is 0 Å². The van der Waals surface area contributed by atoms with Crippen LogP contribution in [-0.4, -0.2) is 26.0 Å². The monoisotopic (exact) mass is 258 g/mol. The van der Waals surface area contributed by atoms with Crippen molar-refractivity contribution in [3.8, 4) is 11.8 Å². The number of rotatable bonds is 3. The van der Waals surface area contributed by atoms with Crippen molar-refractivity contribution in [3.63, 3.8) is 0 Å². The molecule has 4 heteroatoms. The molecule has 1 aromatic rings. The van der Waals surface area contributed by atoms with Crippen LogP contribution < -0.4 is 9.64 Å². The van der Waals surface area contributed by atoms with Gasteiger partial charge in [0.1, 0.15) is 17.6 Å². The van der Waals surface area contributed by atoms with Crippen molar-refractivity contribution in [1.29, 1.82) is 5.26 Å². The number of nitriles is 1. The molecular weight excluding hydrogens is 240 g/mol. The zero-order valence-corrected chi connectivity index (χ0v) is 11.3. The molecule has 1 unspecified atom stereocenters. The quantitative estimate of drug-likeness (QED) is 0.835. The van der Waals surface area contributed by atoms with Crippen LogP contribution in [0.3, 0.4) is 0 Å². The molecule has 1 fully saturated rings.